The van der Waals surface area contributed by atoms with Gasteiger partial charge in [-0.2, -0.15) is 0 Å². The molecule has 0 fully saturated rings. The van der Waals surface area contributed by atoms with Crippen molar-refractivity contribution < 1.29 is 9.53 Å². The lowest BCUT2D eigenvalue weighted by Crippen LogP contribution is -2.25. The lowest BCUT2D eigenvalue weighted by atomic mass is 10.1. The minimum Gasteiger partial charge on any atom is -0.482 e. The number of pyridine rings is 1. The van der Waals surface area contributed by atoms with Crippen molar-refractivity contribution in [2.24, 2.45) is 0 Å². The van der Waals surface area contributed by atoms with Crippen molar-refractivity contribution in [3.63, 3.8) is 0 Å². The Kier molecular flexibility index (Phi) is 3.39. The molecule has 0 saturated carbocycles. The van der Waals surface area contributed by atoms with Gasteiger partial charge in [-0.3, -0.25) is 4.79 Å². The summed E-state index contributed by atoms with van der Waals surface area (Å²) in [5.41, 5.74) is 2.42. The van der Waals surface area contributed by atoms with Crippen LogP contribution in [0.15, 0.2) is 48.0 Å². The number of nitrogens with zero attached hydrogens (tertiary/aromatic N) is 2. The molecule has 0 aliphatic carbocycles. The Labute approximate surface area is 136 Å². The molecule has 0 atom stereocenters. The highest BCUT2D eigenvalue weighted by atomic mass is 32.1. The van der Waals surface area contributed by atoms with E-state index in [1.54, 1.807) is 6.20 Å². The first-order chi connectivity index (χ1) is 11.3. The highest BCUT2D eigenvalue weighted by Crippen LogP contribution is 2.34. The molecule has 2 N–H and O–H groups in total. The molecule has 0 unspecified atom stereocenters. The number of thiazole rings is 1. The molecular formula is C16H12N4O2S. The van der Waals surface area contributed by atoms with Gasteiger partial charge in [-0.05, 0) is 30.3 Å². The Morgan fingerprint density at radius 2 is 2.22 bits per heavy atom. The molecule has 1 aliphatic rings. The van der Waals surface area contributed by atoms with Crippen LogP contribution in [-0.2, 0) is 4.79 Å². The van der Waals surface area contributed by atoms with Crippen LogP contribution in [0.1, 0.15) is 0 Å². The standard InChI is InChI=1S/C16H12N4O2S/c21-15-8-22-13-5-4-10(7-11(13)18-15)12-9-23-16(19-12)20-14-3-1-2-6-17-14/h1-7,9H,8H2,(H,18,21)(H,17,19,20). The Bertz CT molecular complexity index is 864. The van der Waals surface area contributed by atoms with E-state index in [1.807, 2.05) is 41.8 Å². The van der Waals surface area contributed by atoms with Crippen LogP contribution in [-0.4, -0.2) is 22.5 Å². The van der Waals surface area contributed by atoms with Crippen LogP contribution in [0.2, 0.25) is 0 Å². The molecule has 6 nitrogen and oxygen atoms in total. The van der Waals surface area contributed by atoms with E-state index in [0.717, 1.165) is 22.2 Å². The average molecular weight is 324 g/mol. The summed E-state index contributed by atoms with van der Waals surface area (Å²) in [4.78, 5) is 20.2. The molecule has 0 bridgehead atoms. The van der Waals surface area contributed by atoms with E-state index in [0.29, 0.717) is 11.4 Å². The second-order valence-electron chi connectivity index (χ2n) is 4.93. The van der Waals surface area contributed by atoms with Crippen molar-refractivity contribution in [3.8, 4) is 17.0 Å². The molecular weight excluding hydrogens is 312 g/mol. The predicted molar refractivity (Wildman–Crippen MR) is 89.2 cm³/mol. The van der Waals surface area contributed by atoms with Crippen LogP contribution in [0.4, 0.5) is 16.6 Å². The Hall–Kier alpha value is -2.93. The van der Waals surface area contributed by atoms with E-state index in [2.05, 4.69) is 20.6 Å². The maximum Gasteiger partial charge on any atom is 0.262 e. The largest absolute Gasteiger partial charge is 0.482 e. The summed E-state index contributed by atoms with van der Waals surface area (Å²) in [6.45, 7) is 0.0567. The van der Waals surface area contributed by atoms with Gasteiger partial charge in [0, 0.05) is 17.1 Å². The maximum atomic E-state index is 11.4. The summed E-state index contributed by atoms with van der Waals surface area (Å²) in [5, 5.41) is 8.69. The second-order valence-corrected chi connectivity index (χ2v) is 5.78. The van der Waals surface area contributed by atoms with Gasteiger partial charge in [0.25, 0.3) is 5.91 Å². The molecule has 114 valence electrons. The molecule has 0 saturated heterocycles. The molecule has 4 rings (SSSR count). The van der Waals surface area contributed by atoms with Gasteiger partial charge < -0.3 is 15.4 Å². The number of fused-ring (bicyclic) bond motifs is 1. The van der Waals surface area contributed by atoms with E-state index < -0.39 is 0 Å². The molecule has 0 radical (unpaired) electrons. The molecule has 1 aromatic carbocycles. The number of aromatic nitrogens is 2. The van der Waals surface area contributed by atoms with E-state index >= 15 is 0 Å². The van der Waals surface area contributed by atoms with Crippen molar-refractivity contribution in [2.45, 2.75) is 0 Å². The van der Waals surface area contributed by atoms with E-state index in [4.69, 9.17) is 4.74 Å². The normalized spacial score (nSPS) is 13.0. The van der Waals surface area contributed by atoms with E-state index in [9.17, 15) is 4.79 Å². The third-order valence-electron chi connectivity index (χ3n) is 3.31. The monoisotopic (exact) mass is 324 g/mol. The predicted octanol–water partition coefficient (Wildman–Crippen LogP) is 3.28. The summed E-state index contributed by atoms with van der Waals surface area (Å²) in [7, 11) is 0. The SMILES string of the molecule is O=C1COc2ccc(-c3csc(Nc4ccccn4)n3)cc2N1. The molecule has 23 heavy (non-hydrogen) atoms. The first-order valence-corrected chi connectivity index (χ1v) is 7.86. The van der Waals surface area contributed by atoms with Gasteiger partial charge >= 0.3 is 0 Å². The molecule has 2 aromatic heterocycles. The van der Waals surface area contributed by atoms with Crippen molar-refractivity contribution in [2.75, 3.05) is 17.2 Å². The zero-order chi connectivity index (χ0) is 15.6. The fraction of sp³-hybridized carbons (Fsp3) is 0.0625. The first kappa shape index (κ1) is 13.7. The van der Waals surface area contributed by atoms with Gasteiger partial charge in [-0.15, -0.1) is 11.3 Å². The van der Waals surface area contributed by atoms with Crippen LogP contribution in [0, 0.1) is 0 Å². The Morgan fingerprint density at radius 1 is 1.26 bits per heavy atom. The Morgan fingerprint density at radius 3 is 3.09 bits per heavy atom. The lowest BCUT2D eigenvalue weighted by molar-refractivity contribution is -0.118. The average Bonchev–Trinajstić information content (AvgIpc) is 3.03. The number of carbonyl (C=O) groups excluding carboxylic acids is 1. The highest BCUT2D eigenvalue weighted by Gasteiger charge is 2.17. The first-order valence-electron chi connectivity index (χ1n) is 6.98. The van der Waals surface area contributed by atoms with Crippen molar-refractivity contribution in [3.05, 3.63) is 48.0 Å². The van der Waals surface area contributed by atoms with Gasteiger partial charge in [0.15, 0.2) is 11.7 Å². The number of nitrogens with one attached hydrogen (secondary N) is 2. The number of ether oxygens (including phenoxy) is 1. The number of amides is 1. The maximum absolute atomic E-state index is 11.4. The Balaban J connectivity index is 1.59. The summed E-state index contributed by atoms with van der Waals surface area (Å²) in [6, 6.07) is 11.3. The highest BCUT2D eigenvalue weighted by molar-refractivity contribution is 7.14. The number of anilines is 3. The third-order valence-corrected chi connectivity index (χ3v) is 4.07. The molecule has 0 spiro atoms. The van der Waals surface area contributed by atoms with E-state index in [1.165, 1.54) is 11.3 Å². The van der Waals surface area contributed by atoms with Gasteiger partial charge in [-0.1, -0.05) is 6.07 Å². The fourth-order valence-corrected chi connectivity index (χ4v) is 2.98. The molecule has 1 amide bonds. The molecule has 3 heterocycles. The number of rotatable bonds is 3. The number of benzene rings is 1. The zero-order valence-electron chi connectivity index (χ0n) is 11.9. The van der Waals surface area contributed by atoms with Crippen LogP contribution in [0.3, 0.4) is 0 Å². The summed E-state index contributed by atoms with van der Waals surface area (Å²) < 4.78 is 5.36. The van der Waals surface area contributed by atoms with Gasteiger partial charge in [0.1, 0.15) is 11.6 Å². The van der Waals surface area contributed by atoms with Crippen LogP contribution < -0.4 is 15.4 Å². The topological polar surface area (TPSA) is 76.1 Å². The quantitative estimate of drug-likeness (QED) is 0.773. The number of carbonyl (C=O) groups is 1. The minimum atomic E-state index is -0.148. The van der Waals surface area contributed by atoms with Gasteiger partial charge in [0.05, 0.1) is 11.4 Å². The fourth-order valence-electron chi connectivity index (χ4n) is 2.25. The van der Waals surface area contributed by atoms with Crippen LogP contribution >= 0.6 is 11.3 Å². The zero-order valence-corrected chi connectivity index (χ0v) is 12.8. The van der Waals surface area contributed by atoms with Gasteiger partial charge in [-0.25, -0.2) is 9.97 Å². The third kappa shape index (κ3) is 2.86. The van der Waals surface area contributed by atoms with Crippen LogP contribution in [0.5, 0.6) is 5.75 Å². The van der Waals surface area contributed by atoms with Crippen molar-refractivity contribution >= 4 is 33.9 Å². The van der Waals surface area contributed by atoms with E-state index in [-0.39, 0.29) is 12.5 Å². The van der Waals surface area contributed by atoms with Crippen molar-refractivity contribution in [1.82, 2.24) is 9.97 Å². The van der Waals surface area contributed by atoms with Crippen molar-refractivity contribution in [1.29, 1.82) is 0 Å². The van der Waals surface area contributed by atoms with Crippen LogP contribution in [0.25, 0.3) is 11.3 Å². The lowest BCUT2D eigenvalue weighted by Gasteiger charge is -2.18. The molecule has 7 heteroatoms. The number of hydrogen-bond donors (Lipinski definition) is 2. The van der Waals surface area contributed by atoms with Gasteiger partial charge in [0.2, 0.25) is 0 Å². The molecule has 1 aliphatic heterocycles. The minimum absolute atomic E-state index is 0.0567. The smallest absolute Gasteiger partial charge is 0.262 e. The summed E-state index contributed by atoms with van der Waals surface area (Å²) in [6.07, 6.45) is 1.73. The second kappa shape index (κ2) is 5.69. The molecule has 3 aromatic rings. The number of hydrogen-bond acceptors (Lipinski definition) is 6. The summed E-state index contributed by atoms with van der Waals surface area (Å²) in [5.74, 6) is 1.28. The summed E-state index contributed by atoms with van der Waals surface area (Å²) >= 11 is 1.50.